The van der Waals surface area contributed by atoms with Crippen LogP contribution in [0.5, 0.6) is 11.5 Å². The average Bonchev–Trinajstić information content (AvgIpc) is 2.72. The summed E-state index contributed by atoms with van der Waals surface area (Å²) < 4.78 is 5.24. The number of carbonyl (C=O) groups excluding carboxylic acids is 1. The summed E-state index contributed by atoms with van der Waals surface area (Å²) in [5.41, 5.74) is 7.18. The number of allylic oxidation sites excluding steroid dienone is 4. The molecule has 0 saturated heterocycles. The van der Waals surface area contributed by atoms with Gasteiger partial charge in [0.2, 0.25) is 0 Å². The van der Waals surface area contributed by atoms with Crippen molar-refractivity contribution in [2.75, 3.05) is 0 Å². The van der Waals surface area contributed by atoms with Crippen molar-refractivity contribution in [2.24, 2.45) is 0 Å². The number of carbonyl (C=O) groups is 1. The van der Waals surface area contributed by atoms with E-state index in [1.165, 1.54) is 29.2 Å². The smallest absolute Gasteiger partial charge is 0.308 e. The summed E-state index contributed by atoms with van der Waals surface area (Å²) in [6, 6.07) is 11.9. The summed E-state index contributed by atoms with van der Waals surface area (Å²) in [4.78, 5) is 11.1. The number of phenolic OH excluding ortho intramolecular Hbond substituents is 1. The Balaban J connectivity index is 0.000000335. The molecule has 0 spiro atoms. The second-order valence-electron chi connectivity index (χ2n) is 9.63. The van der Waals surface area contributed by atoms with Crippen LogP contribution < -0.4 is 4.74 Å². The first kappa shape index (κ1) is 28.2. The van der Waals surface area contributed by atoms with Crippen LogP contribution in [0.3, 0.4) is 0 Å². The van der Waals surface area contributed by atoms with E-state index in [4.69, 9.17) is 4.74 Å². The van der Waals surface area contributed by atoms with Gasteiger partial charge in [-0.3, -0.25) is 4.79 Å². The summed E-state index contributed by atoms with van der Waals surface area (Å²) in [5.74, 6) is 1.78. The van der Waals surface area contributed by atoms with Crippen LogP contribution in [0.1, 0.15) is 96.4 Å². The Kier molecular flexibility index (Phi) is 11.7. The van der Waals surface area contributed by atoms with Crippen LogP contribution in [0.2, 0.25) is 0 Å². The monoisotopic (exact) mass is 450 g/mol. The third-order valence-corrected chi connectivity index (χ3v) is 5.24. The molecule has 0 radical (unpaired) electrons. The minimum Gasteiger partial charge on any atom is -0.508 e. The number of phenols is 1. The molecular formula is C30H42O3. The zero-order valence-corrected chi connectivity index (χ0v) is 22.0. The van der Waals surface area contributed by atoms with E-state index < -0.39 is 0 Å². The maximum absolute atomic E-state index is 11.1. The molecule has 0 fully saturated rings. The van der Waals surface area contributed by atoms with Crippen molar-refractivity contribution in [1.29, 1.82) is 0 Å². The van der Waals surface area contributed by atoms with Gasteiger partial charge in [0, 0.05) is 6.92 Å². The van der Waals surface area contributed by atoms with Crippen LogP contribution in [0, 0.1) is 0 Å². The van der Waals surface area contributed by atoms with Crippen LogP contribution in [-0.4, -0.2) is 11.1 Å². The highest BCUT2D eigenvalue weighted by molar-refractivity contribution is 5.70. The zero-order chi connectivity index (χ0) is 25.1. The largest absolute Gasteiger partial charge is 0.508 e. The quantitative estimate of drug-likeness (QED) is 0.262. The predicted molar refractivity (Wildman–Crippen MR) is 140 cm³/mol. The topological polar surface area (TPSA) is 46.5 Å². The van der Waals surface area contributed by atoms with Gasteiger partial charge in [0.1, 0.15) is 11.5 Å². The highest BCUT2D eigenvalue weighted by Crippen LogP contribution is 2.26. The van der Waals surface area contributed by atoms with Gasteiger partial charge in [-0.25, -0.2) is 0 Å². The standard InChI is InChI=1S/C16H22O2.C14H20O/c1-11(2)6-7-15-10-14(12(3)4)8-9-16(15)18-13(5)17;1-10(2)5-6-13-9-12(11(3)4)7-8-14(13)15/h6,8-10,12H,7H2,1-5H3;5,7-9,11,15H,6H2,1-4H3. The molecule has 0 saturated carbocycles. The summed E-state index contributed by atoms with van der Waals surface area (Å²) in [7, 11) is 0. The molecule has 0 amide bonds. The van der Waals surface area contributed by atoms with Gasteiger partial charge < -0.3 is 9.84 Å². The molecule has 0 aromatic heterocycles. The molecular weight excluding hydrogens is 408 g/mol. The number of aromatic hydroxyl groups is 1. The molecule has 33 heavy (non-hydrogen) atoms. The summed E-state index contributed by atoms with van der Waals surface area (Å²) in [6.07, 6.45) is 5.89. The van der Waals surface area contributed by atoms with Crippen LogP contribution in [0.25, 0.3) is 0 Å². The van der Waals surface area contributed by atoms with Crippen LogP contribution >= 0.6 is 0 Å². The number of ether oxygens (including phenoxy) is 1. The highest BCUT2D eigenvalue weighted by Gasteiger charge is 2.08. The number of hydrogen-bond acceptors (Lipinski definition) is 3. The fraction of sp³-hybridized carbons (Fsp3) is 0.433. The maximum atomic E-state index is 11.1. The molecule has 0 atom stereocenters. The van der Waals surface area contributed by atoms with Gasteiger partial charge in [-0.1, -0.05) is 75.3 Å². The van der Waals surface area contributed by atoms with E-state index in [2.05, 4.69) is 79.7 Å². The van der Waals surface area contributed by atoms with Gasteiger partial charge in [-0.15, -0.1) is 0 Å². The molecule has 1 N–H and O–H groups in total. The van der Waals surface area contributed by atoms with E-state index in [1.54, 1.807) is 6.07 Å². The lowest BCUT2D eigenvalue weighted by Crippen LogP contribution is -2.04. The van der Waals surface area contributed by atoms with E-state index >= 15 is 0 Å². The van der Waals surface area contributed by atoms with Crippen LogP contribution in [0.15, 0.2) is 59.7 Å². The Morgan fingerprint density at radius 3 is 1.70 bits per heavy atom. The minimum atomic E-state index is -0.272. The van der Waals surface area contributed by atoms with Gasteiger partial charge in [-0.05, 0) is 86.8 Å². The Bertz CT molecular complexity index is 970. The van der Waals surface area contributed by atoms with Crippen molar-refractivity contribution in [3.05, 3.63) is 82.0 Å². The second kappa shape index (κ2) is 13.7. The molecule has 2 rings (SSSR count). The van der Waals surface area contributed by atoms with Gasteiger partial charge >= 0.3 is 5.97 Å². The molecule has 3 nitrogen and oxygen atoms in total. The van der Waals surface area contributed by atoms with Crippen molar-refractivity contribution in [3.63, 3.8) is 0 Å². The third kappa shape index (κ3) is 10.6. The molecule has 2 aromatic rings. The van der Waals surface area contributed by atoms with Crippen molar-refractivity contribution in [2.45, 2.75) is 87.0 Å². The average molecular weight is 451 g/mol. The minimum absolute atomic E-state index is 0.272. The zero-order valence-electron chi connectivity index (χ0n) is 22.0. The lowest BCUT2D eigenvalue weighted by Gasteiger charge is -2.12. The number of esters is 1. The van der Waals surface area contributed by atoms with Crippen molar-refractivity contribution < 1.29 is 14.6 Å². The van der Waals surface area contributed by atoms with Crippen molar-refractivity contribution in [3.8, 4) is 11.5 Å². The van der Waals surface area contributed by atoms with Gasteiger partial charge in [0.25, 0.3) is 0 Å². The Morgan fingerprint density at radius 2 is 1.24 bits per heavy atom. The number of benzene rings is 2. The highest BCUT2D eigenvalue weighted by atomic mass is 16.5. The molecule has 180 valence electrons. The third-order valence-electron chi connectivity index (χ3n) is 5.24. The summed E-state index contributed by atoms with van der Waals surface area (Å²) >= 11 is 0. The Hall–Kier alpha value is -2.81. The predicted octanol–water partition coefficient (Wildman–Crippen LogP) is 8.27. The second-order valence-corrected chi connectivity index (χ2v) is 9.63. The van der Waals surface area contributed by atoms with E-state index in [0.717, 1.165) is 24.0 Å². The normalized spacial score (nSPS) is 10.4. The lowest BCUT2D eigenvalue weighted by molar-refractivity contribution is -0.131. The Labute approximate surface area is 201 Å². The molecule has 0 heterocycles. The summed E-state index contributed by atoms with van der Waals surface area (Å²) in [5, 5.41) is 9.70. The fourth-order valence-corrected chi connectivity index (χ4v) is 3.13. The van der Waals surface area contributed by atoms with Gasteiger partial charge in [0.15, 0.2) is 0 Å². The van der Waals surface area contributed by atoms with Crippen LogP contribution in [0.4, 0.5) is 0 Å². The van der Waals surface area contributed by atoms with E-state index in [0.29, 0.717) is 23.3 Å². The van der Waals surface area contributed by atoms with Crippen LogP contribution in [-0.2, 0) is 17.6 Å². The molecule has 3 heteroatoms. The molecule has 0 aliphatic heterocycles. The van der Waals surface area contributed by atoms with Gasteiger partial charge in [0.05, 0.1) is 0 Å². The molecule has 2 aromatic carbocycles. The first-order valence-electron chi connectivity index (χ1n) is 11.8. The van der Waals surface area contributed by atoms with Crippen molar-refractivity contribution >= 4 is 5.97 Å². The number of hydrogen-bond donors (Lipinski definition) is 1. The maximum Gasteiger partial charge on any atom is 0.308 e. The first-order valence-corrected chi connectivity index (χ1v) is 11.8. The lowest BCUT2D eigenvalue weighted by atomic mass is 9.98. The molecule has 0 unspecified atom stereocenters. The summed E-state index contributed by atoms with van der Waals surface area (Å²) in [6.45, 7) is 18.4. The fourth-order valence-electron chi connectivity index (χ4n) is 3.13. The van der Waals surface area contributed by atoms with Crippen molar-refractivity contribution in [1.82, 2.24) is 0 Å². The SMILES string of the molecule is CC(=O)Oc1ccc(C(C)C)cc1CC=C(C)C.CC(C)=CCc1cc(C(C)C)ccc1O. The molecule has 0 aliphatic carbocycles. The van der Waals surface area contributed by atoms with E-state index in [-0.39, 0.29) is 5.97 Å². The first-order chi connectivity index (χ1) is 15.4. The molecule has 0 aliphatic rings. The Morgan fingerprint density at radius 1 is 0.788 bits per heavy atom. The van der Waals surface area contributed by atoms with E-state index in [1.807, 2.05) is 18.2 Å². The van der Waals surface area contributed by atoms with E-state index in [9.17, 15) is 9.90 Å². The molecule has 0 bridgehead atoms. The van der Waals surface area contributed by atoms with Gasteiger partial charge in [-0.2, -0.15) is 0 Å². The number of rotatable bonds is 7.